The zero-order valence-electron chi connectivity index (χ0n) is 10.6. The molecule has 1 atom stereocenters. The fraction of sp³-hybridized carbons (Fsp3) is 0.188. The minimum Gasteiger partial charge on any atom is -0.508 e. The Balaban J connectivity index is 2.14. The highest BCUT2D eigenvalue weighted by Crippen LogP contribution is 2.40. The van der Waals surface area contributed by atoms with Crippen molar-refractivity contribution in [3.8, 4) is 11.5 Å². The van der Waals surface area contributed by atoms with E-state index in [4.69, 9.17) is 4.74 Å². The first kappa shape index (κ1) is 11.8. The fourth-order valence-electron chi connectivity index (χ4n) is 2.60. The van der Waals surface area contributed by atoms with Crippen molar-refractivity contribution in [3.63, 3.8) is 0 Å². The van der Waals surface area contributed by atoms with Gasteiger partial charge >= 0.3 is 5.97 Å². The van der Waals surface area contributed by atoms with Crippen LogP contribution in [0.15, 0.2) is 42.5 Å². The summed E-state index contributed by atoms with van der Waals surface area (Å²) in [5, 5.41) is 9.49. The second-order valence-corrected chi connectivity index (χ2v) is 4.81. The molecule has 1 heterocycles. The molecule has 0 bridgehead atoms. The van der Waals surface area contributed by atoms with Gasteiger partial charge in [0.1, 0.15) is 11.5 Å². The second-order valence-electron chi connectivity index (χ2n) is 4.81. The predicted octanol–water partition coefficient (Wildman–Crippen LogP) is 3.14. The molecule has 3 heteroatoms. The number of hydrogen-bond donors (Lipinski definition) is 1. The Hall–Kier alpha value is -2.29. The Morgan fingerprint density at radius 2 is 1.95 bits per heavy atom. The summed E-state index contributed by atoms with van der Waals surface area (Å²) in [7, 11) is 0. The summed E-state index contributed by atoms with van der Waals surface area (Å²) < 4.78 is 5.21. The molecule has 0 radical (unpaired) electrons. The lowest BCUT2D eigenvalue weighted by atomic mass is 9.84. The smallest absolute Gasteiger partial charge is 0.312 e. The molecule has 19 heavy (non-hydrogen) atoms. The van der Waals surface area contributed by atoms with Crippen LogP contribution in [0.25, 0.3) is 0 Å². The Morgan fingerprint density at radius 3 is 2.74 bits per heavy atom. The lowest BCUT2D eigenvalue weighted by Crippen LogP contribution is -2.21. The molecule has 96 valence electrons. The average molecular weight is 254 g/mol. The summed E-state index contributed by atoms with van der Waals surface area (Å²) in [4.78, 5) is 11.7. The number of aromatic hydroxyl groups is 1. The number of phenolic OH excluding ortho intramolecular Hbond substituents is 1. The van der Waals surface area contributed by atoms with Crippen LogP contribution in [0.1, 0.15) is 29.0 Å². The number of carbonyl (C=O) groups is 1. The van der Waals surface area contributed by atoms with Gasteiger partial charge in [-0.1, -0.05) is 30.3 Å². The molecule has 2 aromatic rings. The number of fused-ring (bicyclic) bond motifs is 1. The van der Waals surface area contributed by atoms with Crippen molar-refractivity contribution in [1.82, 2.24) is 0 Å². The van der Waals surface area contributed by atoms with E-state index in [0.717, 1.165) is 16.7 Å². The summed E-state index contributed by atoms with van der Waals surface area (Å²) in [6.07, 6.45) is 0.336. The second kappa shape index (κ2) is 4.43. The van der Waals surface area contributed by atoms with Gasteiger partial charge < -0.3 is 9.84 Å². The van der Waals surface area contributed by atoms with Crippen LogP contribution < -0.4 is 4.74 Å². The maximum Gasteiger partial charge on any atom is 0.312 e. The van der Waals surface area contributed by atoms with E-state index in [-0.39, 0.29) is 17.6 Å². The van der Waals surface area contributed by atoms with Gasteiger partial charge in [-0.25, -0.2) is 0 Å². The maximum atomic E-state index is 11.7. The van der Waals surface area contributed by atoms with E-state index in [0.29, 0.717) is 12.2 Å². The van der Waals surface area contributed by atoms with Gasteiger partial charge in [-0.3, -0.25) is 4.79 Å². The number of ether oxygens (including phenoxy) is 1. The molecular formula is C16H14O3. The third-order valence-electron chi connectivity index (χ3n) is 3.53. The molecule has 0 saturated carbocycles. The highest BCUT2D eigenvalue weighted by Gasteiger charge is 2.29. The average Bonchev–Trinajstić information content (AvgIpc) is 2.38. The van der Waals surface area contributed by atoms with Gasteiger partial charge in [0.25, 0.3) is 0 Å². The van der Waals surface area contributed by atoms with Gasteiger partial charge in [0.05, 0.1) is 6.42 Å². The topological polar surface area (TPSA) is 46.5 Å². The first-order valence-corrected chi connectivity index (χ1v) is 6.24. The molecule has 1 aliphatic rings. The highest BCUT2D eigenvalue weighted by atomic mass is 16.5. The number of rotatable bonds is 1. The van der Waals surface area contributed by atoms with Crippen LogP contribution in [0.5, 0.6) is 11.5 Å². The largest absolute Gasteiger partial charge is 0.508 e. The molecule has 1 unspecified atom stereocenters. The highest BCUT2D eigenvalue weighted by molar-refractivity contribution is 5.78. The van der Waals surface area contributed by atoms with Crippen molar-refractivity contribution in [1.29, 1.82) is 0 Å². The molecule has 0 fully saturated rings. The van der Waals surface area contributed by atoms with Gasteiger partial charge in [-0.05, 0) is 24.1 Å². The van der Waals surface area contributed by atoms with Crippen LogP contribution in [0.4, 0.5) is 0 Å². The molecule has 0 amide bonds. The zero-order valence-corrected chi connectivity index (χ0v) is 10.6. The molecule has 2 aromatic carbocycles. The van der Waals surface area contributed by atoms with E-state index in [1.54, 1.807) is 6.07 Å². The quantitative estimate of drug-likeness (QED) is 0.628. The van der Waals surface area contributed by atoms with Crippen molar-refractivity contribution in [2.75, 3.05) is 0 Å². The van der Waals surface area contributed by atoms with Gasteiger partial charge in [0.15, 0.2) is 0 Å². The molecule has 3 rings (SSSR count). The predicted molar refractivity (Wildman–Crippen MR) is 71.4 cm³/mol. The van der Waals surface area contributed by atoms with Crippen LogP contribution in [-0.2, 0) is 4.79 Å². The summed E-state index contributed by atoms with van der Waals surface area (Å²) >= 11 is 0. The van der Waals surface area contributed by atoms with Crippen molar-refractivity contribution < 1.29 is 14.6 Å². The first-order valence-electron chi connectivity index (χ1n) is 6.24. The summed E-state index contributed by atoms with van der Waals surface area (Å²) in [5.41, 5.74) is 3.24. The van der Waals surface area contributed by atoms with Gasteiger partial charge in [0, 0.05) is 17.5 Å². The van der Waals surface area contributed by atoms with Crippen molar-refractivity contribution in [2.45, 2.75) is 19.3 Å². The van der Waals surface area contributed by atoms with Crippen molar-refractivity contribution in [3.05, 3.63) is 59.2 Å². The van der Waals surface area contributed by atoms with E-state index < -0.39 is 0 Å². The van der Waals surface area contributed by atoms with Gasteiger partial charge in [-0.2, -0.15) is 0 Å². The fourth-order valence-corrected chi connectivity index (χ4v) is 2.60. The van der Waals surface area contributed by atoms with Crippen LogP contribution in [0, 0.1) is 6.92 Å². The Kier molecular flexibility index (Phi) is 2.75. The van der Waals surface area contributed by atoms with Crippen LogP contribution in [-0.4, -0.2) is 11.1 Å². The minimum absolute atomic E-state index is 0.00181. The Bertz CT molecular complexity index is 646. The molecule has 1 N–H and O–H groups in total. The number of carbonyl (C=O) groups excluding carboxylic acids is 1. The van der Waals surface area contributed by atoms with Crippen LogP contribution >= 0.6 is 0 Å². The third-order valence-corrected chi connectivity index (χ3v) is 3.53. The van der Waals surface area contributed by atoms with Gasteiger partial charge in [0.2, 0.25) is 0 Å². The number of benzene rings is 2. The van der Waals surface area contributed by atoms with Crippen LogP contribution in [0.2, 0.25) is 0 Å². The lowest BCUT2D eigenvalue weighted by molar-refractivity contribution is -0.135. The maximum absolute atomic E-state index is 11.7. The van der Waals surface area contributed by atoms with E-state index in [2.05, 4.69) is 0 Å². The zero-order chi connectivity index (χ0) is 13.4. The van der Waals surface area contributed by atoms with Gasteiger partial charge in [-0.15, -0.1) is 0 Å². The lowest BCUT2D eigenvalue weighted by Gasteiger charge is -2.26. The first-order chi connectivity index (χ1) is 9.15. The number of esters is 1. The molecule has 0 aromatic heterocycles. The Morgan fingerprint density at radius 1 is 1.16 bits per heavy atom. The summed E-state index contributed by atoms with van der Waals surface area (Å²) in [6.45, 7) is 2.04. The number of aryl methyl sites for hydroxylation is 1. The summed E-state index contributed by atoms with van der Waals surface area (Å²) in [6, 6.07) is 13.0. The Labute approximate surface area is 111 Å². The standard InChI is InChI=1S/C16H14O3/c1-10-4-2-3-5-12(10)14-9-16(18)19-15-8-11(17)6-7-13(14)15/h2-8,14,17H,9H2,1H3. The molecule has 0 saturated heterocycles. The molecule has 0 spiro atoms. The monoisotopic (exact) mass is 254 g/mol. The van der Waals surface area contributed by atoms with Crippen molar-refractivity contribution >= 4 is 5.97 Å². The van der Waals surface area contributed by atoms with E-state index in [1.165, 1.54) is 6.07 Å². The molecule has 3 nitrogen and oxygen atoms in total. The molecule has 0 aliphatic carbocycles. The number of phenols is 1. The molecular weight excluding hydrogens is 240 g/mol. The van der Waals surface area contributed by atoms with Crippen LogP contribution in [0.3, 0.4) is 0 Å². The van der Waals surface area contributed by atoms with Crippen molar-refractivity contribution in [2.24, 2.45) is 0 Å². The minimum atomic E-state index is -0.258. The van der Waals surface area contributed by atoms with E-state index in [9.17, 15) is 9.90 Å². The SMILES string of the molecule is Cc1ccccc1C1CC(=O)Oc2cc(O)ccc21. The number of hydrogen-bond acceptors (Lipinski definition) is 3. The summed E-state index contributed by atoms with van der Waals surface area (Å²) in [5.74, 6) is 0.311. The van der Waals surface area contributed by atoms with E-state index in [1.807, 2.05) is 37.3 Å². The third kappa shape index (κ3) is 2.08. The normalized spacial score (nSPS) is 17.7. The molecule has 1 aliphatic heterocycles. The van der Waals surface area contributed by atoms with E-state index >= 15 is 0 Å².